The lowest BCUT2D eigenvalue weighted by atomic mass is 9.81. The first-order chi connectivity index (χ1) is 15.4. The number of nitrogens with one attached hydrogen (secondary N) is 1. The van der Waals surface area contributed by atoms with Gasteiger partial charge in [-0.1, -0.05) is 23.7 Å². The zero-order valence-electron chi connectivity index (χ0n) is 16.3. The van der Waals surface area contributed by atoms with Gasteiger partial charge in [-0.25, -0.2) is 9.97 Å². The first-order valence-corrected chi connectivity index (χ1v) is 9.89. The lowest BCUT2D eigenvalue weighted by molar-refractivity contribution is 0.406. The zero-order valence-corrected chi connectivity index (χ0v) is 17.1. The zero-order chi connectivity index (χ0) is 22.4. The lowest BCUT2D eigenvalue weighted by Crippen LogP contribution is -2.21. The van der Waals surface area contributed by atoms with Crippen LogP contribution in [0, 0.1) is 17.3 Å². The molecule has 0 spiro atoms. The van der Waals surface area contributed by atoms with Gasteiger partial charge in [0, 0.05) is 35.0 Å². The van der Waals surface area contributed by atoms with E-state index in [2.05, 4.69) is 15.0 Å². The molecular weight excluding hydrogens is 436 g/mol. The highest BCUT2D eigenvalue weighted by Gasteiger charge is 2.34. The third-order valence-corrected chi connectivity index (χ3v) is 5.44. The fourth-order valence-electron chi connectivity index (χ4n) is 3.93. The smallest absolute Gasteiger partial charge is 0.257 e. The highest BCUT2D eigenvalue weighted by Crippen LogP contribution is 2.50. The third kappa shape index (κ3) is 3.25. The Morgan fingerprint density at radius 2 is 1.75 bits per heavy atom. The monoisotopic (exact) mass is 449 g/mol. The molecule has 0 radical (unpaired) electrons. The number of ether oxygens (including phenoxy) is 1. The molecule has 158 valence electrons. The van der Waals surface area contributed by atoms with Gasteiger partial charge < -0.3 is 10.5 Å². The van der Waals surface area contributed by atoms with E-state index in [0.717, 1.165) is 0 Å². The Hall–Kier alpha value is -3.91. The number of hydrogen-bond donors (Lipinski definition) is 2. The number of fused-ring (bicyclic) bond motifs is 2. The van der Waals surface area contributed by atoms with Crippen molar-refractivity contribution in [1.82, 2.24) is 15.0 Å². The number of rotatable bonds is 3. The quantitative estimate of drug-likeness (QED) is 0.228. The van der Waals surface area contributed by atoms with Gasteiger partial charge in [-0.05, 0) is 47.5 Å². The van der Waals surface area contributed by atoms with E-state index >= 15 is 0 Å². The number of halogens is 3. The SMILES string of the molecule is N=C(N)c1ncccc1C1c2cc(-c3cccnc3F)ccc2Oc2c1cc(Cl)nc2F. The molecule has 0 saturated carbocycles. The predicted molar refractivity (Wildman–Crippen MR) is 115 cm³/mol. The largest absolute Gasteiger partial charge is 0.452 e. The normalized spacial score (nSPS) is 14.3. The molecule has 1 aliphatic heterocycles. The van der Waals surface area contributed by atoms with E-state index in [4.69, 9.17) is 27.5 Å². The maximum atomic E-state index is 14.7. The van der Waals surface area contributed by atoms with E-state index < -0.39 is 17.8 Å². The van der Waals surface area contributed by atoms with Crippen LogP contribution >= 0.6 is 11.6 Å². The van der Waals surface area contributed by atoms with E-state index in [1.54, 1.807) is 42.5 Å². The highest BCUT2D eigenvalue weighted by atomic mass is 35.5. The average molecular weight is 450 g/mol. The van der Waals surface area contributed by atoms with Gasteiger partial charge in [0.1, 0.15) is 22.4 Å². The van der Waals surface area contributed by atoms with E-state index in [9.17, 15) is 8.78 Å². The second-order valence-electron chi connectivity index (χ2n) is 7.14. The van der Waals surface area contributed by atoms with Crippen molar-refractivity contribution in [3.8, 4) is 22.6 Å². The van der Waals surface area contributed by atoms with Crippen LogP contribution < -0.4 is 10.5 Å². The summed E-state index contributed by atoms with van der Waals surface area (Å²) in [6, 6.07) is 13.2. The van der Waals surface area contributed by atoms with Crippen molar-refractivity contribution in [1.29, 1.82) is 5.41 Å². The van der Waals surface area contributed by atoms with Crippen molar-refractivity contribution in [3.05, 3.63) is 100 Å². The van der Waals surface area contributed by atoms with E-state index in [1.807, 2.05) is 0 Å². The fraction of sp³-hybridized carbons (Fsp3) is 0.0435. The van der Waals surface area contributed by atoms with E-state index in [1.165, 1.54) is 18.5 Å². The molecule has 0 fully saturated rings. The van der Waals surface area contributed by atoms with Crippen LogP contribution in [0.2, 0.25) is 5.15 Å². The number of nitrogens with two attached hydrogens (primary N) is 1. The standard InChI is InChI=1S/C23H14ClF2N5O/c24-17-10-15-18(13-4-2-7-29-19(13)23(27)28)14-9-11(12-3-1-8-30-21(12)25)5-6-16(14)32-20(15)22(26)31-17/h1-10,18H,(H3,27,28). The first kappa shape index (κ1) is 20.0. The molecule has 3 N–H and O–H groups in total. The van der Waals surface area contributed by atoms with Crippen LogP contribution in [0.1, 0.15) is 28.3 Å². The summed E-state index contributed by atoms with van der Waals surface area (Å²) >= 11 is 6.06. The molecule has 9 heteroatoms. The molecule has 0 amide bonds. The molecule has 1 aliphatic rings. The molecule has 32 heavy (non-hydrogen) atoms. The molecule has 6 nitrogen and oxygen atoms in total. The van der Waals surface area contributed by atoms with Crippen LogP contribution in [0.15, 0.2) is 60.9 Å². The van der Waals surface area contributed by atoms with Crippen molar-refractivity contribution >= 4 is 17.4 Å². The Bertz CT molecular complexity index is 1390. The highest BCUT2D eigenvalue weighted by molar-refractivity contribution is 6.29. The van der Waals surface area contributed by atoms with Gasteiger partial charge in [0.15, 0.2) is 5.75 Å². The summed E-state index contributed by atoms with van der Waals surface area (Å²) in [5.41, 5.74) is 8.43. The minimum atomic E-state index is -0.862. The number of aromatic nitrogens is 3. The number of nitrogen functional groups attached to an aromatic ring is 1. The van der Waals surface area contributed by atoms with Crippen LogP contribution in [0.5, 0.6) is 11.5 Å². The Morgan fingerprint density at radius 1 is 0.969 bits per heavy atom. The van der Waals surface area contributed by atoms with Gasteiger partial charge >= 0.3 is 0 Å². The molecule has 4 heterocycles. The number of benzene rings is 1. The van der Waals surface area contributed by atoms with Crippen molar-refractivity contribution in [2.24, 2.45) is 5.73 Å². The van der Waals surface area contributed by atoms with Gasteiger partial charge in [-0.15, -0.1) is 0 Å². The summed E-state index contributed by atoms with van der Waals surface area (Å²) in [6.07, 6.45) is 2.88. The van der Waals surface area contributed by atoms with Crippen LogP contribution in [0.25, 0.3) is 11.1 Å². The minimum absolute atomic E-state index is 0.0546. The van der Waals surface area contributed by atoms with E-state index in [0.29, 0.717) is 33.6 Å². The second-order valence-corrected chi connectivity index (χ2v) is 7.53. The second kappa shape index (κ2) is 7.65. The summed E-state index contributed by atoms with van der Waals surface area (Å²) in [5, 5.41) is 7.91. The predicted octanol–water partition coefficient (Wildman–Crippen LogP) is 5.04. The van der Waals surface area contributed by atoms with Gasteiger partial charge in [0.05, 0.1) is 0 Å². The van der Waals surface area contributed by atoms with Gasteiger partial charge in [-0.3, -0.25) is 10.4 Å². The van der Waals surface area contributed by atoms with Crippen LogP contribution in [0.4, 0.5) is 8.78 Å². The number of amidine groups is 1. The van der Waals surface area contributed by atoms with Crippen LogP contribution in [-0.2, 0) is 0 Å². The minimum Gasteiger partial charge on any atom is -0.452 e. The topological polar surface area (TPSA) is 97.8 Å². The summed E-state index contributed by atoms with van der Waals surface area (Å²) < 4.78 is 34.9. The summed E-state index contributed by atoms with van der Waals surface area (Å²) in [5.74, 6) is -2.09. The van der Waals surface area contributed by atoms with E-state index in [-0.39, 0.29) is 22.4 Å². The summed E-state index contributed by atoms with van der Waals surface area (Å²) in [4.78, 5) is 11.6. The van der Waals surface area contributed by atoms with Gasteiger partial charge in [0.2, 0.25) is 5.95 Å². The molecule has 0 aliphatic carbocycles. The molecule has 1 atom stereocenters. The third-order valence-electron chi connectivity index (χ3n) is 5.25. The Balaban J connectivity index is 1.80. The van der Waals surface area contributed by atoms with Gasteiger partial charge in [0.25, 0.3) is 5.95 Å². The number of pyridine rings is 3. The summed E-state index contributed by atoms with van der Waals surface area (Å²) in [6.45, 7) is 0. The number of nitrogens with zero attached hydrogens (tertiary/aromatic N) is 3. The van der Waals surface area contributed by atoms with Crippen LogP contribution in [0.3, 0.4) is 0 Å². The molecule has 3 aromatic heterocycles. The van der Waals surface area contributed by atoms with Crippen molar-refractivity contribution in [3.63, 3.8) is 0 Å². The molecule has 4 aromatic rings. The van der Waals surface area contributed by atoms with Crippen molar-refractivity contribution < 1.29 is 13.5 Å². The average Bonchev–Trinajstić information content (AvgIpc) is 2.78. The van der Waals surface area contributed by atoms with Crippen LogP contribution in [-0.4, -0.2) is 20.8 Å². The lowest BCUT2D eigenvalue weighted by Gasteiger charge is -2.30. The summed E-state index contributed by atoms with van der Waals surface area (Å²) in [7, 11) is 0. The molecule has 1 aromatic carbocycles. The number of hydrogen-bond acceptors (Lipinski definition) is 5. The molecule has 0 bridgehead atoms. The molecule has 0 saturated heterocycles. The Morgan fingerprint density at radius 3 is 2.53 bits per heavy atom. The maximum absolute atomic E-state index is 14.7. The first-order valence-electron chi connectivity index (χ1n) is 9.52. The molecule has 5 rings (SSSR count). The van der Waals surface area contributed by atoms with Crippen molar-refractivity contribution in [2.75, 3.05) is 0 Å². The van der Waals surface area contributed by atoms with Gasteiger partial charge in [-0.2, -0.15) is 8.78 Å². The Labute approximate surface area is 186 Å². The Kier molecular flexibility index (Phi) is 4.79. The van der Waals surface area contributed by atoms with Crippen molar-refractivity contribution in [2.45, 2.75) is 5.92 Å². The molecule has 1 unspecified atom stereocenters. The maximum Gasteiger partial charge on any atom is 0.257 e. The molecular formula is C23H14ClF2N5O. The fourth-order valence-corrected chi connectivity index (χ4v) is 4.12.